The summed E-state index contributed by atoms with van der Waals surface area (Å²) in [6.07, 6.45) is 2.86. The van der Waals surface area contributed by atoms with E-state index >= 15 is 0 Å². The molecule has 0 aliphatic heterocycles. The normalized spacial score (nSPS) is 21.2. The molecule has 1 aliphatic carbocycles. The summed E-state index contributed by atoms with van der Waals surface area (Å²) in [5.41, 5.74) is 0.896. The van der Waals surface area contributed by atoms with E-state index in [-0.39, 0.29) is 5.69 Å². The zero-order valence-electron chi connectivity index (χ0n) is 7.41. The maximum absolute atomic E-state index is 10.7. The Bertz CT molecular complexity index is 343. The summed E-state index contributed by atoms with van der Waals surface area (Å²) in [5, 5.41) is 12.4. The summed E-state index contributed by atoms with van der Waals surface area (Å²) >= 11 is 0. The average Bonchev–Trinajstić information content (AvgIpc) is 2.48. The molecule has 4 nitrogen and oxygen atoms in total. The lowest BCUT2D eigenvalue weighted by Gasteiger charge is -2.15. The van der Waals surface area contributed by atoms with Crippen molar-refractivity contribution < 1.29 is 14.4 Å². The molecule has 0 fully saturated rings. The first-order valence-corrected chi connectivity index (χ1v) is 4.42. The van der Waals surface area contributed by atoms with Gasteiger partial charge < -0.3 is 9.63 Å². The molecule has 0 bridgehead atoms. The second-order valence-electron chi connectivity index (χ2n) is 3.47. The summed E-state index contributed by atoms with van der Waals surface area (Å²) in [6, 6.07) is 0. The van der Waals surface area contributed by atoms with Crippen molar-refractivity contribution in [2.24, 2.45) is 0 Å². The topological polar surface area (TPSA) is 63.3 Å². The van der Waals surface area contributed by atoms with Gasteiger partial charge in [0.1, 0.15) is 5.76 Å². The Morgan fingerprint density at radius 1 is 1.69 bits per heavy atom. The minimum atomic E-state index is -0.987. The van der Waals surface area contributed by atoms with E-state index < -0.39 is 5.97 Å². The van der Waals surface area contributed by atoms with Gasteiger partial charge in [0.05, 0.1) is 0 Å². The number of carboxylic acids is 1. The third-order valence-electron chi connectivity index (χ3n) is 2.53. The molecule has 1 aliphatic rings. The van der Waals surface area contributed by atoms with Crippen LogP contribution in [-0.4, -0.2) is 16.2 Å². The van der Waals surface area contributed by atoms with Crippen molar-refractivity contribution in [3.8, 4) is 0 Å². The highest BCUT2D eigenvalue weighted by atomic mass is 16.5. The van der Waals surface area contributed by atoms with Gasteiger partial charge in [0.2, 0.25) is 0 Å². The Balaban J connectivity index is 2.47. The molecule has 1 heterocycles. The van der Waals surface area contributed by atoms with Crippen molar-refractivity contribution in [3.05, 3.63) is 17.0 Å². The molecule has 1 aromatic heterocycles. The highest BCUT2D eigenvalue weighted by Crippen LogP contribution is 2.32. The number of fused-ring (bicyclic) bond motifs is 1. The van der Waals surface area contributed by atoms with Crippen LogP contribution in [0.4, 0.5) is 0 Å². The lowest BCUT2D eigenvalue weighted by Crippen LogP contribution is -2.08. The fourth-order valence-corrected chi connectivity index (χ4v) is 1.83. The molecule has 0 aromatic carbocycles. The third-order valence-corrected chi connectivity index (χ3v) is 2.53. The van der Waals surface area contributed by atoms with Gasteiger partial charge in [0.25, 0.3) is 0 Å². The number of carbonyl (C=O) groups is 1. The van der Waals surface area contributed by atoms with Crippen molar-refractivity contribution in [1.29, 1.82) is 0 Å². The van der Waals surface area contributed by atoms with Gasteiger partial charge in [-0.25, -0.2) is 4.79 Å². The van der Waals surface area contributed by atoms with Gasteiger partial charge in [0.15, 0.2) is 5.69 Å². The minimum Gasteiger partial charge on any atom is -0.476 e. The van der Waals surface area contributed by atoms with Crippen molar-refractivity contribution in [2.45, 2.75) is 32.1 Å². The van der Waals surface area contributed by atoms with Crippen molar-refractivity contribution >= 4 is 5.97 Å². The Morgan fingerprint density at radius 2 is 2.46 bits per heavy atom. The van der Waals surface area contributed by atoms with E-state index in [4.69, 9.17) is 9.63 Å². The van der Waals surface area contributed by atoms with Crippen LogP contribution < -0.4 is 0 Å². The van der Waals surface area contributed by atoms with Crippen LogP contribution >= 0.6 is 0 Å². The van der Waals surface area contributed by atoms with Gasteiger partial charge in [-0.1, -0.05) is 12.1 Å². The van der Waals surface area contributed by atoms with E-state index in [0.29, 0.717) is 5.92 Å². The molecule has 1 aromatic rings. The zero-order chi connectivity index (χ0) is 9.42. The first-order valence-electron chi connectivity index (χ1n) is 4.42. The van der Waals surface area contributed by atoms with Crippen LogP contribution in [0.25, 0.3) is 0 Å². The summed E-state index contributed by atoms with van der Waals surface area (Å²) in [5.74, 6) is 0.0899. The molecule has 70 valence electrons. The number of aromatic carboxylic acids is 1. The number of aromatic nitrogens is 1. The molecule has 1 N–H and O–H groups in total. The highest BCUT2D eigenvalue weighted by molar-refractivity contribution is 5.87. The zero-order valence-corrected chi connectivity index (χ0v) is 7.41. The second-order valence-corrected chi connectivity index (χ2v) is 3.47. The number of hydrogen-bond acceptors (Lipinski definition) is 3. The average molecular weight is 181 g/mol. The van der Waals surface area contributed by atoms with E-state index in [1.807, 2.05) is 6.92 Å². The van der Waals surface area contributed by atoms with Gasteiger partial charge in [-0.2, -0.15) is 0 Å². The SMILES string of the molecule is CC1CCCc2c(C(=O)O)noc21. The Morgan fingerprint density at radius 3 is 3.15 bits per heavy atom. The predicted molar refractivity (Wildman–Crippen MR) is 44.8 cm³/mol. The van der Waals surface area contributed by atoms with E-state index in [2.05, 4.69) is 5.16 Å². The van der Waals surface area contributed by atoms with Crippen molar-refractivity contribution in [3.63, 3.8) is 0 Å². The molecule has 2 rings (SSSR count). The number of nitrogens with zero attached hydrogens (tertiary/aromatic N) is 1. The van der Waals surface area contributed by atoms with Gasteiger partial charge in [-0.05, 0) is 19.3 Å². The van der Waals surface area contributed by atoms with Gasteiger partial charge >= 0.3 is 5.97 Å². The Hall–Kier alpha value is -1.32. The van der Waals surface area contributed by atoms with Crippen LogP contribution in [0.3, 0.4) is 0 Å². The Labute approximate surface area is 75.5 Å². The van der Waals surface area contributed by atoms with Gasteiger partial charge in [0, 0.05) is 11.5 Å². The number of hydrogen-bond donors (Lipinski definition) is 1. The highest BCUT2D eigenvalue weighted by Gasteiger charge is 2.27. The van der Waals surface area contributed by atoms with Crippen LogP contribution in [0, 0.1) is 0 Å². The van der Waals surface area contributed by atoms with Crippen molar-refractivity contribution in [1.82, 2.24) is 5.16 Å². The smallest absolute Gasteiger partial charge is 0.358 e. The molecule has 4 heteroatoms. The van der Waals surface area contributed by atoms with Gasteiger partial charge in [-0.3, -0.25) is 0 Å². The maximum Gasteiger partial charge on any atom is 0.358 e. The van der Waals surface area contributed by atoms with Crippen LogP contribution in [0.2, 0.25) is 0 Å². The fourth-order valence-electron chi connectivity index (χ4n) is 1.83. The molecule has 0 spiro atoms. The predicted octanol–water partition coefficient (Wildman–Crippen LogP) is 1.81. The summed E-state index contributed by atoms with van der Waals surface area (Å²) < 4.78 is 5.03. The molecular formula is C9H11NO3. The monoisotopic (exact) mass is 181 g/mol. The molecule has 0 saturated heterocycles. The van der Waals surface area contributed by atoms with Crippen LogP contribution in [0.1, 0.15) is 47.5 Å². The maximum atomic E-state index is 10.7. The van der Waals surface area contributed by atoms with E-state index in [1.165, 1.54) is 0 Å². The summed E-state index contributed by atoms with van der Waals surface area (Å²) in [7, 11) is 0. The molecule has 0 radical (unpaired) electrons. The summed E-state index contributed by atoms with van der Waals surface area (Å²) in [4.78, 5) is 10.7. The fraction of sp³-hybridized carbons (Fsp3) is 0.556. The molecule has 1 atom stereocenters. The number of carboxylic acid groups (broad SMARTS) is 1. The van der Waals surface area contributed by atoms with Crippen molar-refractivity contribution in [2.75, 3.05) is 0 Å². The summed E-state index contributed by atoms with van der Waals surface area (Å²) in [6.45, 7) is 2.04. The van der Waals surface area contributed by atoms with E-state index in [0.717, 1.165) is 30.6 Å². The molecule has 1 unspecified atom stereocenters. The lowest BCUT2D eigenvalue weighted by molar-refractivity contribution is 0.0684. The van der Waals surface area contributed by atoms with E-state index in [1.54, 1.807) is 0 Å². The Kier molecular flexibility index (Phi) is 1.83. The standard InChI is InChI=1S/C9H11NO3/c1-5-3-2-4-6-7(9(11)12)10-13-8(5)6/h5H,2-4H2,1H3,(H,11,12). The lowest BCUT2D eigenvalue weighted by atomic mass is 9.89. The van der Waals surface area contributed by atoms with Crippen LogP contribution in [0.15, 0.2) is 4.52 Å². The first-order chi connectivity index (χ1) is 6.20. The molecular weight excluding hydrogens is 170 g/mol. The molecule has 13 heavy (non-hydrogen) atoms. The largest absolute Gasteiger partial charge is 0.476 e. The van der Waals surface area contributed by atoms with Gasteiger partial charge in [-0.15, -0.1) is 0 Å². The number of rotatable bonds is 1. The molecule has 0 saturated carbocycles. The van der Waals surface area contributed by atoms with Crippen LogP contribution in [0.5, 0.6) is 0 Å². The quantitative estimate of drug-likeness (QED) is 0.717. The first kappa shape index (κ1) is 8.29. The second kappa shape index (κ2) is 2.87. The minimum absolute atomic E-state index is 0.0987. The van der Waals surface area contributed by atoms with Crippen LogP contribution in [-0.2, 0) is 6.42 Å². The third kappa shape index (κ3) is 1.22. The van der Waals surface area contributed by atoms with E-state index in [9.17, 15) is 4.79 Å². The molecule has 0 amide bonds.